The van der Waals surface area contributed by atoms with Gasteiger partial charge in [0.2, 0.25) is 0 Å². The highest BCUT2D eigenvalue weighted by atomic mass is 32.2. The molecule has 0 saturated carbocycles. The van der Waals surface area contributed by atoms with E-state index in [0.29, 0.717) is 6.04 Å². The summed E-state index contributed by atoms with van der Waals surface area (Å²) in [5.41, 5.74) is 1.25. The molecule has 2 N–H and O–H groups in total. The second-order valence-electron chi connectivity index (χ2n) is 3.82. The molecule has 1 atom stereocenters. The summed E-state index contributed by atoms with van der Waals surface area (Å²) in [6.07, 6.45) is 3.61. The molecule has 0 aliphatic heterocycles. The van der Waals surface area contributed by atoms with Crippen LogP contribution < -0.4 is 10.1 Å². The number of rotatable bonds is 6. The number of methoxy groups -OCH3 is 1. The third-order valence-electron chi connectivity index (χ3n) is 2.73. The summed E-state index contributed by atoms with van der Waals surface area (Å²) in [5, 5.41) is 4.26. The van der Waals surface area contributed by atoms with Crippen molar-refractivity contribution in [3.8, 4) is 5.75 Å². The first kappa shape index (κ1) is 13.0. The van der Waals surface area contributed by atoms with Crippen LogP contribution in [0.5, 0.6) is 5.75 Å². The van der Waals surface area contributed by atoms with E-state index >= 15 is 0 Å². The number of aromatic amines is 1. The molecule has 1 aromatic heterocycles. The lowest BCUT2D eigenvalue weighted by atomic mass is 10.1. The smallest absolute Gasteiger partial charge is 0.165 e. The second-order valence-corrected chi connectivity index (χ2v) is 4.83. The quantitative estimate of drug-likeness (QED) is 0.786. The van der Waals surface area contributed by atoms with E-state index in [1.54, 1.807) is 25.1 Å². The summed E-state index contributed by atoms with van der Waals surface area (Å²) in [6.45, 7) is 0. The molecule has 0 amide bonds. The highest BCUT2D eigenvalue weighted by molar-refractivity contribution is 7.99. The van der Waals surface area contributed by atoms with E-state index in [1.807, 2.05) is 25.4 Å². The summed E-state index contributed by atoms with van der Waals surface area (Å²) >= 11 is 1.70. The molecule has 0 radical (unpaired) electrons. The van der Waals surface area contributed by atoms with Crippen molar-refractivity contribution in [3.05, 3.63) is 42.2 Å². The zero-order valence-corrected chi connectivity index (χ0v) is 11.3. The summed E-state index contributed by atoms with van der Waals surface area (Å²) in [6, 6.07) is 8.44. The van der Waals surface area contributed by atoms with Gasteiger partial charge >= 0.3 is 0 Å². The summed E-state index contributed by atoms with van der Waals surface area (Å²) in [7, 11) is 3.65. The number of H-pyrrole nitrogens is 1. The van der Waals surface area contributed by atoms with Crippen molar-refractivity contribution < 1.29 is 4.74 Å². The van der Waals surface area contributed by atoms with Crippen LogP contribution in [-0.4, -0.2) is 29.9 Å². The molecule has 0 aliphatic carbocycles. The summed E-state index contributed by atoms with van der Waals surface area (Å²) in [4.78, 5) is 7.29. The van der Waals surface area contributed by atoms with Crippen LogP contribution in [0, 0.1) is 0 Å². The number of imidazole rings is 1. The van der Waals surface area contributed by atoms with Gasteiger partial charge in [0.05, 0.1) is 7.11 Å². The summed E-state index contributed by atoms with van der Waals surface area (Å²) < 4.78 is 5.16. The minimum Gasteiger partial charge on any atom is -0.497 e. The average Bonchev–Trinajstić information content (AvgIpc) is 2.93. The number of thioether (sulfide) groups is 1. The second kappa shape index (κ2) is 6.47. The van der Waals surface area contributed by atoms with Crippen molar-refractivity contribution >= 4 is 11.8 Å². The Kier molecular flexibility index (Phi) is 4.66. The number of hydrogen-bond donors (Lipinski definition) is 2. The maximum absolute atomic E-state index is 5.16. The molecule has 2 rings (SSSR count). The minimum absolute atomic E-state index is 0.297. The molecule has 0 bridgehead atoms. The molecule has 4 nitrogen and oxygen atoms in total. The molecular weight excluding hydrogens is 246 g/mol. The minimum atomic E-state index is 0.297. The number of nitrogens with zero attached hydrogens (tertiary/aromatic N) is 1. The van der Waals surface area contributed by atoms with Gasteiger partial charge in [-0.2, -0.15) is 0 Å². The Bertz CT molecular complexity index is 456. The fourth-order valence-electron chi connectivity index (χ4n) is 1.67. The molecule has 0 fully saturated rings. The van der Waals surface area contributed by atoms with Gasteiger partial charge in [-0.3, -0.25) is 0 Å². The van der Waals surface area contributed by atoms with Crippen LogP contribution in [0.15, 0.2) is 41.8 Å². The van der Waals surface area contributed by atoms with Crippen LogP contribution in [0.1, 0.15) is 11.6 Å². The van der Waals surface area contributed by atoms with Crippen molar-refractivity contribution in [3.63, 3.8) is 0 Å². The van der Waals surface area contributed by atoms with Gasteiger partial charge in [0.25, 0.3) is 0 Å². The fraction of sp³-hybridized carbons (Fsp3) is 0.308. The molecular formula is C13H17N3OS. The van der Waals surface area contributed by atoms with E-state index in [4.69, 9.17) is 4.74 Å². The lowest BCUT2D eigenvalue weighted by Gasteiger charge is -2.15. The third-order valence-corrected chi connectivity index (χ3v) is 3.72. The third kappa shape index (κ3) is 3.27. The van der Waals surface area contributed by atoms with Crippen molar-refractivity contribution in [2.45, 2.75) is 11.2 Å². The Morgan fingerprint density at radius 2 is 2.17 bits per heavy atom. The van der Waals surface area contributed by atoms with E-state index in [2.05, 4.69) is 27.4 Å². The highest BCUT2D eigenvalue weighted by Crippen LogP contribution is 2.23. The lowest BCUT2D eigenvalue weighted by Crippen LogP contribution is -2.18. The molecule has 0 saturated heterocycles. The Balaban J connectivity index is 1.98. The van der Waals surface area contributed by atoms with Crippen molar-refractivity contribution in [1.29, 1.82) is 0 Å². The van der Waals surface area contributed by atoms with Gasteiger partial charge in [0.1, 0.15) is 5.75 Å². The van der Waals surface area contributed by atoms with E-state index in [-0.39, 0.29) is 0 Å². The van der Waals surface area contributed by atoms with Crippen LogP contribution in [0.3, 0.4) is 0 Å². The van der Waals surface area contributed by atoms with Gasteiger partial charge in [-0.15, -0.1) is 0 Å². The molecule has 96 valence electrons. The Morgan fingerprint density at radius 3 is 2.72 bits per heavy atom. The predicted octanol–water partition coefficient (Wildman–Crippen LogP) is 2.47. The monoisotopic (exact) mass is 263 g/mol. The van der Waals surface area contributed by atoms with Crippen LogP contribution in [0.2, 0.25) is 0 Å². The first-order chi connectivity index (χ1) is 8.83. The zero-order chi connectivity index (χ0) is 12.8. The number of benzene rings is 1. The molecule has 1 heterocycles. The van der Waals surface area contributed by atoms with Gasteiger partial charge in [0.15, 0.2) is 5.16 Å². The topological polar surface area (TPSA) is 49.9 Å². The SMILES string of the molecule is CNC(CSc1ncc[nH]1)c1ccc(OC)cc1. The summed E-state index contributed by atoms with van der Waals surface area (Å²) in [5.74, 6) is 1.81. The lowest BCUT2D eigenvalue weighted by molar-refractivity contribution is 0.414. The van der Waals surface area contributed by atoms with Gasteiger partial charge in [-0.25, -0.2) is 4.98 Å². The van der Waals surface area contributed by atoms with Crippen LogP contribution in [0.4, 0.5) is 0 Å². The fourth-order valence-corrected chi connectivity index (χ4v) is 2.64. The molecule has 2 aromatic rings. The van der Waals surface area contributed by atoms with Crippen LogP contribution in [-0.2, 0) is 0 Å². The normalized spacial score (nSPS) is 12.3. The predicted molar refractivity (Wildman–Crippen MR) is 74.1 cm³/mol. The average molecular weight is 263 g/mol. The first-order valence-corrected chi connectivity index (χ1v) is 6.75. The molecule has 1 unspecified atom stereocenters. The van der Waals surface area contributed by atoms with E-state index in [0.717, 1.165) is 16.7 Å². The van der Waals surface area contributed by atoms with Crippen LogP contribution >= 0.6 is 11.8 Å². The zero-order valence-electron chi connectivity index (χ0n) is 10.5. The molecule has 5 heteroatoms. The largest absolute Gasteiger partial charge is 0.497 e. The van der Waals surface area contributed by atoms with Crippen LogP contribution in [0.25, 0.3) is 0 Å². The number of aromatic nitrogens is 2. The van der Waals surface area contributed by atoms with E-state index in [1.165, 1.54) is 5.56 Å². The maximum Gasteiger partial charge on any atom is 0.165 e. The molecule has 0 spiro atoms. The molecule has 0 aliphatic rings. The first-order valence-electron chi connectivity index (χ1n) is 5.77. The standard InChI is InChI=1S/C13H17N3OS/c1-14-12(9-18-13-15-7-8-16-13)10-3-5-11(17-2)6-4-10/h3-8,12,14H,9H2,1-2H3,(H,15,16). The number of nitrogens with one attached hydrogen (secondary N) is 2. The Labute approximate surface area is 111 Å². The van der Waals surface area contributed by atoms with Crippen molar-refractivity contribution in [2.75, 3.05) is 19.9 Å². The van der Waals surface area contributed by atoms with Crippen molar-refractivity contribution in [2.24, 2.45) is 0 Å². The highest BCUT2D eigenvalue weighted by Gasteiger charge is 2.10. The number of ether oxygens (including phenoxy) is 1. The van der Waals surface area contributed by atoms with Crippen molar-refractivity contribution in [1.82, 2.24) is 15.3 Å². The van der Waals surface area contributed by atoms with Gasteiger partial charge in [0, 0.05) is 24.2 Å². The van der Waals surface area contributed by atoms with Gasteiger partial charge < -0.3 is 15.0 Å². The molecule has 18 heavy (non-hydrogen) atoms. The number of hydrogen-bond acceptors (Lipinski definition) is 4. The van der Waals surface area contributed by atoms with E-state index < -0.39 is 0 Å². The maximum atomic E-state index is 5.16. The van der Waals surface area contributed by atoms with E-state index in [9.17, 15) is 0 Å². The van der Waals surface area contributed by atoms with Gasteiger partial charge in [-0.1, -0.05) is 23.9 Å². The van der Waals surface area contributed by atoms with Gasteiger partial charge in [-0.05, 0) is 24.7 Å². The molecule has 1 aromatic carbocycles. The Hall–Kier alpha value is -1.46. The Morgan fingerprint density at radius 1 is 1.39 bits per heavy atom.